The van der Waals surface area contributed by atoms with Crippen LogP contribution in [0.4, 0.5) is 13.2 Å². The Morgan fingerprint density at radius 2 is 1.90 bits per heavy atom. The minimum absolute atomic E-state index is 0.0554. The summed E-state index contributed by atoms with van der Waals surface area (Å²) in [5.74, 6) is 0.0315. The molecular formula is C16H22F3NO. The van der Waals surface area contributed by atoms with Crippen molar-refractivity contribution in [2.45, 2.75) is 57.3 Å². The van der Waals surface area contributed by atoms with Crippen LogP contribution in [0.2, 0.25) is 0 Å². The molecule has 0 saturated heterocycles. The standard InChI is InChI=1S/C16H22F3NO/c1-2-11-20-14-9-5-3-7-12(14)13-8-4-6-10-15(13)21-16(17,18)19/h4,6,8,10,12,14,20H,2-3,5,7,9,11H2,1H3. The van der Waals surface area contributed by atoms with Crippen LogP contribution in [0, 0.1) is 0 Å². The van der Waals surface area contributed by atoms with E-state index in [-0.39, 0.29) is 17.7 Å². The van der Waals surface area contributed by atoms with Gasteiger partial charge in [0.15, 0.2) is 0 Å². The molecule has 0 bridgehead atoms. The molecule has 2 rings (SSSR count). The molecule has 0 radical (unpaired) electrons. The van der Waals surface area contributed by atoms with E-state index in [1.165, 1.54) is 6.07 Å². The molecule has 118 valence electrons. The molecule has 1 aromatic rings. The van der Waals surface area contributed by atoms with Gasteiger partial charge < -0.3 is 10.1 Å². The molecule has 0 aliphatic heterocycles. The summed E-state index contributed by atoms with van der Waals surface area (Å²) >= 11 is 0. The highest BCUT2D eigenvalue weighted by Gasteiger charge is 2.34. The molecule has 21 heavy (non-hydrogen) atoms. The molecule has 5 heteroatoms. The predicted molar refractivity (Wildman–Crippen MR) is 76.4 cm³/mol. The van der Waals surface area contributed by atoms with Crippen molar-refractivity contribution in [2.24, 2.45) is 0 Å². The van der Waals surface area contributed by atoms with Crippen molar-refractivity contribution in [3.8, 4) is 5.75 Å². The van der Waals surface area contributed by atoms with Gasteiger partial charge in [0.05, 0.1) is 0 Å². The number of nitrogens with one attached hydrogen (secondary N) is 1. The normalized spacial score (nSPS) is 23.0. The lowest BCUT2D eigenvalue weighted by atomic mass is 9.79. The zero-order valence-electron chi connectivity index (χ0n) is 12.2. The Labute approximate surface area is 123 Å². The van der Waals surface area contributed by atoms with Gasteiger partial charge in [-0.3, -0.25) is 0 Å². The highest BCUT2D eigenvalue weighted by molar-refractivity contribution is 5.37. The molecule has 0 heterocycles. The summed E-state index contributed by atoms with van der Waals surface area (Å²) in [4.78, 5) is 0. The van der Waals surface area contributed by atoms with Crippen molar-refractivity contribution in [3.05, 3.63) is 29.8 Å². The van der Waals surface area contributed by atoms with Crippen LogP contribution in [-0.2, 0) is 0 Å². The maximum absolute atomic E-state index is 12.6. The molecule has 2 atom stereocenters. The van der Waals surface area contributed by atoms with Gasteiger partial charge in [-0.2, -0.15) is 0 Å². The third-order valence-electron chi connectivity index (χ3n) is 3.97. The van der Waals surface area contributed by atoms with E-state index in [1.54, 1.807) is 18.2 Å². The number of ether oxygens (including phenoxy) is 1. The number of benzene rings is 1. The summed E-state index contributed by atoms with van der Waals surface area (Å²) in [7, 11) is 0. The minimum atomic E-state index is -4.64. The van der Waals surface area contributed by atoms with Crippen molar-refractivity contribution in [1.29, 1.82) is 0 Å². The van der Waals surface area contributed by atoms with E-state index in [9.17, 15) is 13.2 Å². The Morgan fingerprint density at radius 1 is 1.19 bits per heavy atom. The van der Waals surface area contributed by atoms with Crippen LogP contribution < -0.4 is 10.1 Å². The number of hydrogen-bond acceptors (Lipinski definition) is 2. The third kappa shape index (κ3) is 4.63. The summed E-state index contributed by atoms with van der Waals surface area (Å²) in [5.41, 5.74) is 0.670. The lowest BCUT2D eigenvalue weighted by Crippen LogP contribution is -2.38. The van der Waals surface area contributed by atoms with Gasteiger partial charge in [-0.15, -0.1) is 13.2 Å². The molecule has 1 fully saturated rings. The summed E-state index contributed by atoms with van der Waals surface area (Å²) in [6, 6.07) is 6.77. The van der Waals surface area contributed by atoms with Crippen LogP contribution >= 0.6 is 0 Å². The third-order valence-corrected chi connectivity index (χ3v) is 3.97. The van der Waals surface area contributed by atoms with Crippen molar-refractivity contribution < 1.29 is 17.9 Å². The Morgan fingerprint density at radius 3 is 2.62 bits per heavy atom. The number of halogens is 3. The quantitative estimate of drug-likeness (QED) is 0.857. The highest BCUT2D eigenvalue weighted by Crippen LogP contribution is 2.39. The van der Waals surface area contributed by atoms with Gasteiger partial charge in [0.2, 0.25) is 0 Å². The van der Waals surface area contributed by atoms with Gasteiger partial charge in [0.25, 0.3) is 0 Å². The number of para-hydroxylation sites is 1. The molecule has 1 N–H and O–H groups in total. The fourth-order valence-corrected chi connectivity index (χ4v) is 3.08. The lowest BCUT2D eigenvalue weighted by Gasteiger charge is -2.33. The SMILES string of the molecule is CCCNC1CCCCC1c1ccccc1OC(F)(F)F. The topological polar surface area (TPSA) is 21.3 Å². The van der Waals surface area contributed by atoms with Crippen molar-refractivity contribution in [3.63, 3.8) is 0 Å². The van der Waals surface area contributed by atoms with E-state index in [4.69, 9.17) is 0 Å². The smallest absolute Gasteiger partial charge is 0.405 e. The zero-order chi connectivity index (χ0) is 15.3. The molecule has 2 nitrogen and oxygen atoms in total. The van der Waals surface area contributed by atoms with Crippen molar-refractivity contribution in [1.82, 2.24) is 5.32 Å². The van der Waals surface area contributed by atoms with Crippen LogP contribution in [0.1, 0.15) is 50.5 Å². The van der Waals surface area contributed by atoms with E-state index < -0.39 is 6.36 Å². The number of alkyl halides is 3. The molecule has 0 amide bonds. The monoisotopic (exact) mass is 301 g/mol. The Hall–Kier alpha value is -1.23. The van der Waals surface area contributed by atoms with Gasteiger partial charge in [0, 0.05) is 12.0 Å². The van der Waals surface area contributed by atoms with E-state index in [0.29, 0.717) is 5.56 Å². The Bertz CT molecular complexity index is 447. The van der Waals surface area contributed by atoms with E-state index in [2.05, 4.69) is 17.0 Å². The maximum atomic E-state index is 12.6. The zero-order valence-corrected chi connectivity index (χ0v) is 12.2. The second-order valence-corrected chi connectivity index (χ2v) is 5.54. The Kier molecular flexibility index (Phi) is 5.51. The minimum Gasteiger partial charge on any atom is -0.405 e. The second kappa shape index (κ2) is 7.16. The van der Waals surface area contributed by atoms with Crippen molar-refractivity contribution >= 4 is 0 Å². The fourth-order valence-electron chi connectivity index (χ4n) is 3.08. The van der Waals surface area contributed by atoms with Gasteiger partial charge >= 0.3 is 6.36 Å². The first kappa shape index (κ1) is 16.1. The summed E-state index contributed by atoms with van der Waals surface area (Å²) in [5, 5.41) is 3.47. The largest absolute Gasteiger partial charge is 0.573 e. The van der Waals surface area contributed by atoms with E-state index >= 15 is 0 Å². The number of hydrogen-bond donors (Lipinski definition) is 1. The fraction of sp³-hybridized carbons (Fsp3) is 0.625. The molecule has 1 aromatic carbocycles. The first-order valence-electron chi connectivity index (χ1n) is 7.59. The lowest BCUT2D eigenvalue weighted by molar-refractivity contribution is -0.275. The molecule has 2 unspecified atom stereocenters. The Balaban J connectivity index is 2.21. The van der Waals surface area contributed by atoms with Gasteiger partial charge in [-0.1, -0.05) is 38.0 Å². The highest BCUT2D eigenvalue weighted by atomic mass is 19.4. The van der Waals surface area contributed by atoms with Crippen LogP contribution in [0.15, 0.2) is 24.3 Å². The van der Waals surface area contributed by atoms with Gasteiger partial charge in [-0.05, 0) is 37.4 Å². The molecule has 1 aliphatic carbocycles. The first-order chi connectivity index (χ1) is 10.0. The average Bonchev–Trinajstić information content (AvgIpc) is 2.44. The van der Waals surface area contributed by atoms with Gasteiger partial charge in [0.1, 0.15) is 5.75 Å². The molecule has 0 spiro atoms. The van der Waals surface area contributed by atoms with Crippen molar-refractivity contribution in [2.75, 3.05) is 6.54 Å². The second-order valence-electron chi connectivity index (χ2n) is 5.54. The van der Waals surface area contributed by atoms with Crippen LogP contribution in [0.25, 0.3) is 0 Å². The predicted octanol–water partition coefficient (Wildman–Crippen LogP) is 4.61. The van der Waals surface area contributed by atoms with Crippen LogP contribution in [0.5, 0.6) is 5.75 Å². The molecule has 0 aromatic heterocycles. The number of rotatable bonds is 5. The average molecular weight is 301 g/mol. The van der Waals surface area contributed by atoms with Crippen LogP contribution in [0.3, 0.4) is 0 Å². The van der Waals surface area contributed by atoms with Gasteiger partial charge in [-0.25, -0.2) is 0 Å². The van der Waals surface area contributed by atoms with E-state index in [1.807, 2.05) is 0 Å². The molecular weight excluding hydrogens is 279 g/mol. The molecule has 1 saturated carbocycles. The maximum Gasteiger partial charge on any atom is 0.573 e. The van der Waals surface area contributed by atoms with Crippen LogP contribution in [-0.4, -0.2) is 18.9 Å². The summed E-state index contributed by atoms with van der Waals surface area (Å²) in [6.07, 6.45) is 0.459. The first-order valence-corrected chi connectivity index (χ1v) is 7.59. The van der Waals surface area contributed by atoms with E-state index in [0.717, 1.165) is 38.6 Å². The summed E-state index contributed by atoms with van der Waals surface area (Å²) in [6.45, 7) is 2.98. The molecule has 1 aliphatic rings. The summed E-state index contributed by atoms with van der Waals surface area (Å²) < 4.78 is 41.9.